The molecule has 2 aliphatic heterocycles. The molecule has 9 N–H and O–H groups in total. The van der Waals surface area contributed by atoms with Crippen LogP contribution in [0.3, 0.4) is 0 Å². The van der Waals surface area contributed by atoms with Gasteiger partial charge >= 0.3 is 0 Å². The van der Waals surface area contributed by atoms with Crippen molar-refractivity contribution >= 4 is 11.6 Å². The van der Waals surface area contributed by atoms with Crippen molar-refractivity contribution in [3.8, 4) is 0 Å². The van der Waals surface area contributed by atoms with E-state index < -0.39 is 0 Å². The van der Waals surface area contributed by atoms with Gasteiger partial charge in [-0.15, -0.1) is 11.6 Å². The van der Waals surface area contributed by atoms with Gasteiger partial charge in [-0.25, -0.2) is 0 Å². The summed E-state index contributed by atoms with van der Waals surface area (Å²) in [7, 11) is 0. The standard InChI is InChI=1S/C23H44ClN3O.CH4.3H2O/c1-17(2)23(26-14-18-11-19(16-28)13-25-12-18)15-27-9-7-21(8-10-27)20-3-5-22(24)6-4-20;;;;/h17-23,25-26,28H,3-16H2,1-2H3;1H4;3*1H2/t18?,19?,20?,22?,23-;;;;/m0..../s1. The minimum absolute atomic E-state index is 0. The number of hydrogen-bond acceptors (Lipinski definition) is 4. The van der Waals surface area contributed by atoms with E-state index in [1.807, 2.05) is 0 Å². The van der Waals surface area contributed by atoms with Crippen LogP contribution in [0.5, 0.6) is 0 Å². The zero-order valence-electron chi connectivity index (χ0n) is 19.7. The monoisotopic (exact) mass is 483 g/mol. The number of rotatable bonds is 8. The molecule has 7 nitrogen and oxygen atoms in total. The zero-order valence-corrected chi connectivity index (χ0v) is 20.5. The number of halogens is 1. The van der Waals surface area contributed by atoms with E-state index in [0.29, 0.717) is 35.8 Å². The second-order valence-electron chi connectivity index (χ2n) is 10.2. The van der Waals surface area contributed by atoms with E-state index in [2.05, 4.69) is 29.4 Å². The van der Waals surface area contributed by atoms with E-state index in [9.17, 15) is 5.11 Å². The average molecular weight is 484 g/mol. The fraction of sp³-hybridized carbons (Fsp3) is 1.00. The van der Waals surface area contributed by atoms with Gasteiger partial charge in [0.1, 0.15) is 0 Å². The van der Waals surface area contributed by atoms with E-state index in [-0.39, 0.29) is 23.9 Å². The molecule has 1 saturated carbocycles. The molecule has 0 spiro atoms. The van der Waals surface area contributed by atoms with Crippen molar-refractivity contribution in [1.82, 2.24) is 15.5 Å². The summed E-state index contributed by atoms with van der Waals surface area (Å²) in [6, 6.07) is 0.567. The topological polar surface area (TPSA) is 142 Å². The first kappa shape index (κ1) is 34.2. The summed E-state index contributed by atoms with van der Waals surface area (Å²) < 4.78 is 0. The molecule has 2 heterocycles. The Morgan fingerprint density at radius 1 is 0.938 bits per heavy atom. The van der Waals surface area contributed by atoms with Crippen LogP contribution in [0.1, 0.15) is 66.2 Å². The van der Waals surface area contributed by atoms with Crippen molar-refractivity contribution in [2.75, 3.05) is 45.9 Å². The molecule has 8 heteroatoms. The molecule has 0 aromatic rings. The minimum atomic E-state index is 0. The van der Waals surface area contributed by atoms with Crippen LogP contribution in [0.2, 0.25) is 0 Å². The fourth-order valence-corrected chi connectivity index (χ4v) is 5.94. The first-order valence-corrected chi connectivity index (χ1v) is 12.4. The molecule has 0 aromatic carbocycles. The molecule has 3 fully saturated rings. The first-order valence-electron chi connectivity index (χ1n) is 12.0. The van der Waals surface area contributed by atoms with E-state index in [1.165, 1.54) is 58.2 Å². The Kier molecular flexibility index (Phi) is 18.6. The Labute approximate surface area is 202 Å². The average Bonchev–Trinajstić information content (AvgIpc) is 2.72. The summed E-state index contributed by atoms with van der Waals surface area (Å²) in [4.78, 5) is 2.71. The number of alkyl halides is 1. The molecule has 3 rings (SSSR count). The largest absolute Gasteiger partial charge is 0.412 e. The normalized spacial score (nSPS) is 30.3. The fourth-order valence-electron chi connectivity index (χ4n) is 5.69. The van der Waals surface area contributed by atoms with E-state index in [4.69, 9.17) is 11.6 Å². The van der Waals surface area contributed by atoms with E-state index >= 15 is 0 Å². The Morgan fingerprint density at radius 2 is 1.50 bits per heavy atom. The molecule has 0 radical (unpaired) electrons. The Morgan fingerprint density at radius 3 is 2.06 bits per heavy atom. The number of aliphatic hydroxyl groups is 1. The lowest BCUT2D eigenvalue weighted by atomic mass is 9.75. The predicted octanol–water partition coefficient (Wildman–Crippen LogP) is 1.49. The second kappa shape index (κ2) is 17.4. The van der Waals surface area contributed by atoms with Gasteiger partial charge < -0.3 is 37.1 Å². The minimum Gasteiger partial charge on any atom is -0.412 e. The van der Waals surface area contributed by atoms with Crippen LogP contribution in [0.4, 0.5) is 0 Å². The van der Waals surface area contributed by atoms with Gasteiger partial charge in [0, 0.05) is 31.1 Å². The number of piperidine rings is 2. The maximum absolute atomic E-state index is 9.45. The van der Waals surface area contributed by atoms with Crippen molar-refractivity contribution in [3.05, 3.63) is 0 Å². The molecule has 0 bridgehead atoms. The number of nitrogens with zero attached hydrogens (tertiary/aromatic N) is 1. The van der Waals surface area contributed by atoms with Crippen molar-refractivity contribution in [3.63, 3.8) is 0 Å². The summed E-state index contributed by atoms with van der Waals surface area (Å²) in [5.41, 5.74) is 0. The van der Waals surface area contributed by atoms with Gasteiger partial charge in [-0.05, 0) is 101 Å². The van der Waals surface area contributed by atoms with Gasteiger partial charge in [0.05, 0.1) is 0 Å². The van der Waals surface area contributed by atoms with Crippen LogP contribution >= 0.6 is 11.6 Å². The highest BCUT2D eigenvalue weighted by atomic mass is 35.5. The number of likely N-dealkylation sites (tertiary alicyclic amines) is 1. The van der Waals surface area contributed by atoms with Crippen molar-refractivity contribution in [2.45, 2.75) is 77.6 Å². The third-order valence-corrected chi connectivity index (χ3v) is 8.16. The quantitative estimate of drug-likeness (QED) is 0.449. The molecular weight excluding hydrogens is 430 g/mol. The Hall–Kier alpha value is 0.01000. The van der Waals surface area contributed by atoms with Gasteiger partial charge in [0.25, 0.3) is 0 Å². The molecule has 196 valence electrons. The highest BCUT2D eigenvalue weighted by molar-refractivity contribution is 6.20. The van der Waals surface area contributed by atoms with Crippen LogP contribution in [0, 0.1) is 29.6 Å². The molecule has 32 heavy (non-hydrogen) atoms. The molecule has 0 amide bonds. The number of aliphatic hydroxyl groups excluding tert-OH is 1. The van der Waals surface area contributed by atoms with Crippen LogP contribution in [0.25, 0.3) is 0 Å². The molecule has 3 atom stereocenters. The van der Waals surface area contributed by atoms with Crippen molar-refractivity contribution in [1.29, 1.82) is 0 Å². The summed E-state index contributed by atoms with van der Waals surface area (Å²) in [5.74, 6) is 3.62. The Bertz CT molecular complexity index is 445. The molecular formula is C24H54ClN3O4. The zero-order chi connectivity index (χ0) is 19.9. The SMILES string of the molecule is C.CC(C)[C@H](CN1CCC(C2CCC(Cl)CC2)CC1)NCC1CNCC(CO)C1.O.O.O. The first-order chi connectivity index (χ1) is 13.5. The lowest BCUT2D eigenvalue weighted by molar-refractivity contribution is 0.111. The van der Waals surface area contributed by atoms with Crippen molar-refractivity contribution < 1.29 is 21.5 Å². The number of hydrogen-bond donors (Lipinski definition) is 3. The highest BCUT2D eigenvalue weighted by Gasteiger charge is 2.31. The molecule has 0 aromatic heterocycles. The van der Waals surface area contributed by atoms with Crippen LogP contribution in [-0.2, 0) is 0 Å². The van der Waals surface area contributed by atoms with Crippen LogP contribution in [-0.4, -0.2) is 83.7 Å². The van der Waals surface area contributed by atoms with Crippen LogP contribution < -0.4 is 10.6 Å². The number of nitrogens with one attached hydrogen (secondary N) is 2. The van der Waals surface area contributed by atoms with Gasteiger partial charge in [-0.2, -0.15) is 0 Å². The molecule has 2 unspecified atom stereocenters. The predicted molar refractivity (Wildman–Crippen MR) is 137 cm³/mol. The van der Waals surface area contributed by atoms with Crippen molar-refractivity contribution in [2.24, 2.45) is 29.6 Å². The van der Waals surface area contributed by atoms with Gasteiger partial charge in [-0.1, -0.05) is 21.3 Å². The summed E-state index contributed by atoms with van der Waals surface area (Å²) in [6.07, 6.45) is 9.11. The molecule has 2 saturated heterocycles. The lowest BCUT2D eigenvalue weighted by Gasteiger charge is -2.40. The van der Waals surface area contributed by atoms with Gasteiger partial charge in [0.15, 0.2) is 0 Å². The lowest BCUT2D eigenvalue weighted by Crippen LogP contribution is -2.50. The van der Waals surface area contributed by atoms with E-state index in [0.717, 1.165) is 37.9 Å². The summed E-state index contributed by atoms with van der Waals surface area (Å²) >= 11 is 6.30. The second-order valence-corrected chi connectivity index (χ2v) is 10.8. The third kappa shape index (κ3) is 10.5. The maximum atomic E-state index is 9.45. The van der Waals surface area contributed by atoms with Gasteiger partial charge in [0.2, 0.25) is 0 Å². The summed E-state index contributed by atoms with van der Waals surface area (Å²) in [6.45, 7) is 11.9. The van der Waals surface area contributed by atoms with Gasteiger partial charge in [-0.3, -0.25) is 0 Å². The van der Waals surface area contributed by atoms with E-state index in [1.54, 1.807) is 0 Å². The Balaban J connectivity index is 0. The smallest absolute Gasteiger partial charge is 0.0471 e. The molecule has 3 aliphatic rings. The van der Waals surface area contributed by atoms with Crippen LogP contribution in [0.15, 0.2) is 0 Å². The highest BCUT2D eigenvalue weighted by Crippen LogP contribution is 2.37. The summed E-state index contributed by atoms with van der Waals surface area (Å²) in [5, 5.41) is 17.3. The molecule has 1 aliphatic carbocycles. The third-order valence-electron chi connectivity index (χ3n) is 7.72. The maximum Gasteiger partial charge on any atom is 0.0471 e.